The third kappa shape index (κ3) is 2.25. The molecule has 3 atom stereocenters. The number of hydrogen-bond donors (Lipinski definition) is 2. The molecule has 1 fully saturated rings. The molecule has 1 aliphatic rings. The van der Waals surface area contributed by atoms with E-state index < -0.39 is 0 Å². The Bertz CT molecular complexity index is 204. The fraction of sp³-hybridized carbons (Fsp3) is 0.900. The lowest BCUT2D eigenvalue weighted by Crippen LogP contribution is -2.59. The number of nitrogens with one attached hydrogen (secondary N) is 1. The van der Waals surface area contributed by atoms with Crippen molar-refractivity contribution in [2.75, 3.05) is 20.1 Å². The van der Waals surface area contributed by atoms with Crippen LogP contribution in [-0.4, -0.2) is 53.9 Å². The molecule has 3 unspecified atom stereocenters. The highest BCUT2D eigenvalue weighted by Crippen LogP contribution is 2.15. The average Bonchev–Trinajstić information content (AvgIpc) is 2.12. The second kappa shape index (κ2) is 4.28. The van der Waals surface area contributed by atoms with Gasteiger partial charge in [0.15, 0.2) is 0 Å². The molecule has 0 aromatic carbocycles. The Kier molecular flexibility index (Phi) is 3.50. The monoisotopic (exact) mass is 198 g/mol. The molecular formula is C10H22N4. The molecule has 4 heteroatoms. The fourth-order valence-corrected chi connectivity index (χ4v) is 1.96. The zero-order chi connectivity index (χ0) is 10.9. The van der Waals surface area contributed by atoms with Crippen LogP contribution >= 0.6 is 0 Å². The maximum absolute atomic E-state index is 7.44. The first-order valence-electron chi connectivity index (χ1n) is 5.23. The van der Waals surface area contributed by atoms with Crippen molar-refractivity contribution >= 4 is 5.84 Å². The quantitative estimate of drug-likeness (QED) is 0.497. The minimum atomic E-state index is 0.0774. The van der Waals surface area contributed by atoms with Gasteiger partial charge in [0.2, 0.25) is 0 Å². The Morgan fingerprint density at radius 2 is 1.79 bits per heavy atom. The highest BCUT2D eigenvalue weighted by atomic mass is 15.3. The van der Waals surface area contributed by atoms with Gasteiger partial charge in [-0.3, -0.25) is 15.2 Å². The van der Waals surface area contributed by atoms with Crippen LogP contribution in [0.2, 0.25) is 0 Å². The van der Waals surface area contributed by atoms with Gasteiger partial charge in [-0.1, -0.05) is 0 Å². The predicted molar refractivity (Wildman–Crippen MR) is 59.6 cm³/mol. The molecule has 0 radical (unpaired) electrons. The minimum Gasteiger partial charge on any atom is -0.386 e. The van der Waals surface area contributed by atoms with Crippen LogP contribution in [0.15, 0.2) is 0 Å². The summed E-state index contributed by atoms with van der Waals surface area (Å²) in [6, 6.07) is 1.16. The number of likely N-dealkylation sites (N-methyl/N-ethyl adjacent to an activating group) is 1. The Balaban J connectivity index is 2.62. The smallest absolute Gasteiger partial charge is 0.108 e. The average molecular weight is 198 g/mol. The maximum atomic E-state index is 7.44. The normalized spacial score (nSPS) is 32.9. The van der Waals surface area contributed by atoms with Gasteiger partial charge in [-0.25, -0.2) is 0 Å². The molecule has 14 heavy (non-hydrogen) atoms. The van der Waals surface area contributed by atoms with Gasteiger partial charge in [0.1, 0.15) is 5.84 Å². The molecule has 0 saturated carbocycles. The van der Waals surface area contributed by atoms with Crippen molar-refractivity contribution in [3.63, 3.8) is 0 Å². The Morgan fingerprint density at radius 1 is 1.36 bits per heavy atom. The first kappa shape index (κ1) is 11.5. The Labute approximate surface area is 86.6 Å². The van der Waals surface area contributed by atoms with E-state index in [9.17, 15) is 0 Å². The molecule has 0 spiro atoms. The molecule has 0 bridgehead atoms. The molecule has 4 nitrogen and oxygen atoms in total. The van der Waals surface area contributed by atoms with Crippen LogP contribution < -0.4 is 5.73 Å². The number of piperazine rings is 1. The van der Waals surface area contributed by atoms with Crippen molar-refractivity contribution in [1.29, 1.82) is 5.41 Å². The molecule has 1 aliphatic heterocycles. The number of rotatable bonds is 2. The lowest BCUT2D eigenvalue weighted by atomic mass is 10.1. The van der Waals surface area contributed by atoms with Crippen molar-refractivity contribution in [2.45, 2.75) is 38.9 Å². The molecule has 0 aromatic rings. The molecule has 3 N–H and O–H groups in total. The molecule has 1 heterocycles. The zero-order valence-electron chi connectivity index (χ0n) is 9.62. The van der Waals surface area contributed by atoms with Crippen LogP contribution in [0.5, 0.6) is 0 Å². The van der Waals surface area contributed by atoms with Crippen molar-refractivity contribution in [3.8, 4) is 0 Å². The standard InChI is InChI=1S/C10H22N4/c1-7-5-14(9(3)10(11)12)6-8(2)13(7)4/h7-9H,5-6H2,1-4H3,(H3,11,12). The zero-order valence-corrected chi connectivity index (χ0v) is 9.62. The second-order valence-electron chi connectivity index (χ2n) is 4.45. The summed E-state index contributed by atoms with van der Waals surface area (Å²) < 4.78 is 0. The van der Waals surface area contributed by atoms with E-state index in [4.69, 9.17) is 11.1 Å². The lowest BCUT2D eigenvalue weighted by molar-refractivity contribution is 0.0521. The largest absolute Gasteiger partial charge is 0.386 e. The van der Waals surface area contributed by atoms with Gasteiger partial charge in [0, 0.05) is 25.2 Å². The number of amidine groups is 1. The van der Waals surface area contributed by atoms with Gasteiger partial charge in [0.25, 0.3) is 0 Å². The van der Waals surface area contributed by atoms with E-state index in [1.54, 1.807) is 0 Å². The van der Waals surface area contributed by atoms with Gasteiger partial charge in [-0.2, -0.15) is 0 Å². The van der Waals surface area contributed by atoms with Crippen molar-refractivity contribution in [1.82, 2.24) is 9.80 Å². The highest BCUT2D eigenvalue weighted by Gasteiger charge is 2.29. The van der Waals surface area contributed by atoms with Gasteiger partial charge in [-0.05, 0) is 27.8 Å². The number of nitrogens with two attached hydrogens (primary N) is 1. The van der Waals surface area contributed by atoms with Crippen LogP contribution in [0, 0.1) is 5.41 Å². The lowest BCUT2D eigenvalue weighted by Gasteiger charge is -2.44. The van der Waals surface area contributed by atoms with Crippen molar-refractivity contribution < 1.29 is 0 Å². The summed E-state index contributed by atoms with van der Waals surface area (Å²) in [5.74, 6) is 0.272. The van der Waals surface area contributed by atoms with Crippen molar-refractivity contribution in [3.05, 3.63) is 0 Å². The number of hydrogen-bond acceptors (Lipinski definition) is 3. The van der Waals surface area contributed by atoms with Gasteiger partial charge in [0.05, 0.1) is 6.04 Å². The van der Waals surface area contributed by atoms with E-state index in [2.05, 4.69) is 30.7 Å². The topological polar surface area (TPSA) is 56.4 Å². The van der Waals surface area contributed by atoms with Crippen LogP contribution in [0.4, 0.5) is 0 Å². The van der Waals surface area contributed by atoms with Crippen LogP contribution in [0.25, 0.3) is 0 Å². The first-order chi connectivity index (χ1) is 6.43. The van der Waals surface area contributed by atoms with E-state index in [0.29, 0.717) is 12.1 Å². The molecule has 82 valence electrons. The summed E-state index contributed by atoms with van der Waals surface area (Å²) in [4.78, 5) is 4.67. The second-order valence-corrected chi connectivity index (χ2v) is 4.45. The molecular weight excluding hydrogens is 176 g/mol. The molecule has 1 saturated heterocycles. The first-order valence-corrected chi connectivity index (χ1v) is 5.23. The number of nitrogens with zero attached hydrogens (tertiary/aromatic N) is 2. The van der Waals surface area contributed by atoms with Gasteiger partial charge >= 0.3 is 0 Å². The van der Waals surface area contributed by atoms with E-state index >= 15 is 0 Å². The third-order valence-electron chi connectivity index (χ3n) is 3.39. The highest BCUT2D eigenvalue weighted by molar-refractivity contribution is 5.82. The van der Waals surface area contributed by atoms with Gasteiger partial charge in [-0.15, -0.1) is 0 Å². The van der Waals surface area contributed by atoms with Gasteiger partial charge < -0.3 is 5.73 Å². The van der Waals surface area contributed by atoms with Crippen LogP contribution in [-0.2, 0) is 0 Å². The van der Waals surface area contributed by atoms with Crippen LogP contribution in [0.1, 0.15) is 20.8 Å². The summed E-state index contributed by atoms with van der Waals surface area (Å²) in [5, 5.41) is 7.44. The Hall–Kier alpha value is -0.610. The third-order valence-corrected chi connectivity index (χ3v) is 3.39. The maximum Gasteiger partial charge on any atom is 0.108 e. The minimum absolute atomic E-state index is 0.0774. The molecule has 0 amide bonds. The molecule has 0 aromatic heterocycles. The Morgan fingerprint density at radius 3 is 2.14 bits per heavy atom. The summed E-state index contributed by atoms with van der Waals surface area (Å²) in [7, 11) is 2.16. The summed E-state index contributed by atoms with van der Waals surface area (Å²) in [5.41, 5.74) is 5.52. The van der Waals surface area contributed by atoms with Crippen molar-refractivity contribution in [2.24, 2.45) is 5.73 Å². The van der Waals surface area contributed by atoms with E-state index in [0.717, 1.165) is 13.1 Å². The van der Waals surface area contributed by atoms with E-state index in [1.807, 2.05) is 6.92 Å². The summed E-state index contributed by atoms with van der Waals surface area (Å²) >= 11 is 0. The van der Waals surface area contributed by atoms with E-state index in [-0.39, 0.29) is 11.9 Å². The van der Waals surface area contributed by atoms with E-state index in [1.165, 1.54) is 0 Å². The summed E-state index contributed by atoms with van der Waals surface area (Å²) in [6.07, 6.45) is 0. The fourth-order valence-electron chi connectivity index (χ4n) is 1.96. The summed E-state index contributed by atoms with van der Waals surface area (Å²) in [6.45, 7) is 8.45. The SMILES string of the molecule is CC(C(=N)N)N1CC(C)N(C)C(C)C1. The predicted octanol–water partition coefficient (Wildman–Crippen LogP) is 0.335. The molecule has 1 rings (SSSR count). The molecule has 0 aliphatic carbocycles. The van der Waals surface area contributed by atoms with Crippen LogP contribution in [0.3, 0.4) is 0 Å².